The summed E-state index contributed by atoms with van der Waals surface area (Å²) in [5.41, 5.74) is 3.30. The molecule has 2 aromatic carbocycles. The molecule has 0 bridgehead atoms. The van der Waals surface area contributed by atoms with Crippen molar-refractivity contribution in [1.29, 1.82) is 0 Å². The molecule has 1 N–H and O–H groups in total. The first-order valence-electron chi connectivity index (χ1n) is 11.4. The first-order chi connectivity index (χ1) is 16.8. The van der Waals surface area contributed by atoms with Gasteiger partial charge < -0.3 is 5.32 Å². The molecule has 1 aliphatic heterocycles. The van der Waals surface area contributed by atoms with Gasteiger partial charge in [-0.3, -0.25) is 9.20 Å². The molecule has 180 valence electrons. The predicted molar refractivity (Wildman–Crippen MR) is 132 cm³/mol. The highest BCUT2D eigenvalue weighted by Gasteiger charge is 2.34. The van der Waals surface area contributed by atoms with Crippen molar-refractivity contribution < 1.29 is 17.6 Å². The number of aryl methyl sites for hydroxylation is 1. The minimum absolute atomic E-state index is 0.145. The summed E-state index contributed by atoms with van der Waals surface area (Å²) in [4.78, 5) is 17.7. The Labute approximate surface area is 203 Å². The Balaban J connectivity index is 1.36. The highest BCUT2D eigenvalue weighted by atomic mass is 32.2. The molecule has 35 heavy (non-hydrogen) atoms. The number of nitrogens with one attached hydrogen (secondary N) is 1. The van der Waals surface area contributed by atoms with Crippen LogP contribution >= 0.6 is 0 Å². The lowest BCUT2D eigenvalue weighted by Crippen LogP contribution is -2.41. The van der Waals surface area contributed by atoms with Gasteiger partial charge in [-0.25, -0.2) is 17.8 Å². The lowest BCUT2D eigenvalue weighted by atomic mass is 9.97. The Morgan fingerprint density at radius 2 is 1.69 bits per heavy atom. The zero-order valence-corrected chi connectivity index (χ0v) is 20.0. The molecule has 0 spiro atoms. The van der Waals surface area contributed by atoms with Crippen molar-refractivity contribution >= 4 is 27.4 Å². The number of sulfonamides is 1. The van der Waals surface area contributed by atoms with E-state index in [-0.39, 0.29) is 29.8 Å². The van der Waals surface area contributed by atoms with Crippen molar-refractivity contribution in [3.63, 3.8) is 0 Å². The van der Waals surface area contributed by atoms with E-state index in [0.29, 0.717) is 24.4 Å². The van der Waals surface area contributed by atoms with Crippen LogP contribution in [0.5, 0.6) is 0 Å². The van der Waals surface area contributed by atoms with Crippen LogP contribution in [0.1, 0.15) is 18.4 Å². The quantitative estimate of drug-likeness (QED) is 0.445. The Morgan fingerprint density at radius 3 is 2.40 bits per heavy atom. The fraction of sp³-hybridized carbons (Fsp3) is 0.231. The van der Waals surface area contributed by atoms with Gasteiger partial charge in [0.2, 0.25) is 15.9 Å². The topological polar surface area (TPSA) is 83.8 Å². The second kappa shape index (κ2) is 9.24. The van der Waals surface area contributed by atoms with Crippen molar-refractivity contribution in [1.82, 2.24) is 13.7 Å². The van der Waals surface area contributed by atoms with E-state index in [1.54, 1.807) is 0 Å². The fourth-order valence-corrected chi connectivity index (χ4v) is 5.97. The summed E-state index contributed by atoms with van der Waals surface area (Å²) in [5, 5.41) is 3.06. The summed E-state index contributed by atoms with van der Waals surface area (Å²) in [6.07, 6.45) is 2.61. The zero-order chi connectivity index (χ0) is 24.6. The number of benzene rings is 2. The minimum Gasteiger partial charge on any atom is -0.310 e. The highest BCUT2D eigenvalue weighted by Crippen LogP contribution is 2.31. The summed E-state index contributed by atoms with van der Waals surface area (Å²) in [6.45, 7) is 2.26. The van der Waals surface area contributed by atoms with E-state index >= 15 is 0 Å². The first-order valence-corrected chi connectivity index (χ1v) is 12.9. The van der Waals surface area contributed by atoms with Crippen molar-refractivity contribution in [2.24, 2.45) is 5.92 Å². The number of piperidine rings is 1. The van der Waals surface area contributed by atoms with Gasteiger partial charge in [0.25, 0.3) is 0 Å². The maximum absolute atomic E-state index is 14.1. The number of nitrogens with zero attached hydrogens (tertiary/aromatic N) is 3. The van der Waals surface area contributed by atoms with Gasteiger partial charge in [-0.1, -0.05) is 48.5 Å². The molecule has 0 radical (unpaired) electrons. The number of hydrogen-bond acceptors (Lipinski definition) is 4. The molecule has 0 unspecified atom stereocenters. The molecule has 4 aromatic rings. The molecule has 0 atom stereocenters. The minimum atomic E-state index is -3.96. The van der Waals surface area contributed by atoms with Crippen LogP contribution < -0.4 is 5.32 Å². The Kier molecular flexibility index (Phi) is 6.12. The van der Waals surface area contributed by atoms with Gasteiger partial charge in [0.05, 0.1) is 0 Å². The second-order valence-corrected chi connectivity index (χ2v) is 10.6. The number of imidazole rings is 1. The number of rotatable bonds is 5. The first kappa shape index (κ1) is 23.2. The lowest BCUT2D eigenvalue weighted by molar-refractivity contribution is -0.120. The van der Waals surface area contributed by atoms with Crippen LogP contribution in [0.2, 0.25) is 0 Å². The zero-order valence-electron chi connectivity index (χ0n) is 19.2. The van der Waals surface area contributed by atoms with Gasteiger partial charge in [-0.05, 0) is 43.5 Å². The third kappa shape index (κ3) is 4.44. The molecule has 7 nitrogen and oxygen atoms in total. The van der Waals surface area contributed by atoms with Gasteiger partial charge >= 0.3 is 0 Å². The third-order valence-corrected chi connectivity index (χ3v) is 8.27. The average Bonchev–Trinajstić information content (AvgIpc) is 3.22. The van der Waals surface area contributed by atoms with Crippen molar-refractivity contribution in [2.75, 3.05) is 18.4 Å². The molecule has 1 amide bonds. The van der Waals surface area contributed by atoms with Gasteiger partial charge in [0.15, 0.2) is 0 Å². The number of hydrogen-bond donors (Lipinski definition) is 1. The van der Waals surface area contributed by atoms with Crippen molar-refractivity contribution in [3.05, 3.63) is 84.3 Å². The number of anilines is 1. The van der Waals surface area contributed by atoms with E-state index in [2.05, 4.69) is 5.32 Å². The molecule has 0 aliphatic carbocycles. The molecule has 1 saturated heterocycles. The SMILES string of the molecule is Cc1ccc2nc(-c3ccccc3)c(NC(=O)C3CCN(S(=O)(=O)c4ccccc4F)CC3)n2c1. The molecule has 5 rings (SSSR count). The van der Waals surface area contributed by atoms with Gasteiger partial charge in [-0.15, -0.1) is 0 Å². The number of halogens is 1. The Morgan fingerprint density at radius 1 is 1.00 bits per heavy atom. The van der Waals surface area contributed by atoms with Crippen LogP contribution in [0.15, 0.2) is 77.8 Å². The summed E-state index contributed by atoms with van der Waals surface area (Å²) < 4.78 is 43.0. The third-order valence-electron chi connectivity index (χ3n) is 6.33. The number of pyridine rings is 1. The smallest absolute Gasteiger partial charge is 0.245 e. The molecular weight excluding hydrogens is 467 g/mol. The summed E-state index contributed by atoms with van der Waals surface area (Å²) in [6, 6.07) is 18.9. The van der Waals surface area contributed by atoms with Gasteiger partial charge in [0.1, 0.15) is 27.9 Å². The number of aromatic nitrogens is 2. The Bertz CT molecular complexity index is 1490. The number of amides is 1. The van der Waals surface area contributed by atoms with Crippen molar-refractivity contribution in [3.8, 4) is 11.3 Å². The van der Waals surface area contributed by atoms with Gasteiger partial charge in [-0.2, -0.15) is 4.31 Å². The maximum Gasteiger partial charge on any atom is 0.245 e. The molecule has 9 heteroatoms. The molecule has 2 aromatic heterocycles. The summed E-state index contributed by atoms with van der Waals surface area (Å²) in [5.74, 6) is -0.750. The molecule has 3 heterocycles. The van der Waals surface area contributed by atoms with Gasteiger partial charge in [0, 0.05) is 30.8 Å². The number of carbonyl (C=O) groups is 1. The largest absolute Gasteiger partial charge is 0.310 e. The Hall–Kier alpha value is -3.56. The molecule has 1 aliphatic rings. The molecule has 0 saturated carbocycles. The van der Waals surface area contributed by atoms with Crippen molar-refractivity contribution in [2.45, 2.75) is 24.7 Å². The van der Waals surface area contributed by atoms with E-state index in [9.17, 15) is 17.6 Å². The normalized spacial score (nSPS) is 15.4. The van der Waals surface area contributed by atoms with E-state index in [4.69, 9.17) is 4.98 Å². The molecular formula is C26H25FN4O3S. The van der Waals surface area contributed by atoms with Crippen LogP contribution in [0.3, 0.4) is 0 Å². The number of fused-ring (bicyclic) bond motifs is 1. The average molecular weight is 493 g/mol. The fourth-order valence-electron chi connectivity index (χ4n) is 4.44. The second-order valence-electron chi connectivity index (χ2n) is 8.71. The monoisotopic (exact) mass is 492 g/mol. The van der Waals surface area contributed by atoms with E-state index in [1.807, 2.05) is 60.0 Å². The van der Waals surface area contributed by atoms with Crippen LogP contribution in [0.4, 0.5) is 10.2 Å². The molecule has 1 fully saturated rings. The van der Waals surface area contributed by atoms with E-state index < -0.39 is 15.8 Å². The van der Waals surface area contributed by atoms with Crippen LogP contribution in [0.25, 0.3) is 16.9 Å². The van der Waals surface area contributed by atoms with Crippen LogP contribution in [-0.2, 0) is 14.8 Å². The van der Waals surface area contributed by atoms with E-state index in [0.717, 1.165) is 22.8 Å². The standard InChI is InChI=1S/C26H25FN4O3S/c1-18-11-12-23-28-24(19-7-3-2-4-8-19)25(31(23)17-18)29-26(32)20-13-15-30(16-14-20)35(33,34)22-10-6-5-9-21(22)27/h2-12,17,20H,13-16H2,1H3,(H,29,32). The van der Waals surface area contributed by atoms with Crippen LogP contribution in [-0.4, -0.2) is 41.1 Å². The maximum atomic E-state index is 14.1. The highest BCUT2D eigenvalue weighted by molar-refractivity contribution is 7.89. The summed E-state index contributed by atoms with van der Waals surface area (Å²) >= 11 is 0. The summed E-state index contributed by atoms with van der Waals surface area (Å²) in [7, 11) is -3.96. The lowest BCUT2D eigenvalue weighted by Gasteiger charge is -2.30. The van der Waals surface area contributed by atoms with E-state index in [1.165, 1.54) is 22.5 Å². The van der Waals surface area contributed by atoms with Crippen LogP contribution in [0, 0.1) is 18.7 Å². The number of carbonyl (C=O) groups excluding carboxylic acids is 1. The predicted octanol–water partition coefficient (Wildman–Crippen LogP) is 4.49.